The summed E-state index contributed by atoms with van der Waals surface area (Å²) in [6.45, 7) is 7.30. The molecule has 26 heavy (non-hydrogen) atoms. The van der Waals surface area contributed by atoms with Gasteiger partial charge in [-0.3, -0.25) is 4.99 Å². The van der Waals surface area contributed by atoms with Crippen molar-refractivity contribution in [2.45, 2.75) is 33.7 Å². The van der Waals surface area contributed by atoms with Crippen LogP contribution in [-0.2, 0) is 13.0 Å². The van der Waals surface area contributed by atoms with Crippen LogP contribution in [-0.4, -0.2) is 29.5 Å². The molecule has 7 heteroatoms. The minimum Gasteiger partial charge on any atom is -0.444 e. The number of nitrogens with zero attached hydrogens (tertiary/aromatic N) is 2. The molecule has 0 unspecified atom stereocenters. The summed E-state index contributed by atoms with van der Waals surface area (Å²) in [6, 6.07) is 6.39. The van der Waals surface area contributed by atoms with E-state index in [1.54, 1.807) is 7.05 Å². The van der Waals surface area contributed by atoms with Gasteiger partial charge in [-0.2, -0.15) is 0 Å². The molecule has 0 aliphatic heterocycles. The predicted molar refractivity (Wildman–Crippen MR) is 116 cm³/mol. The summed E-state index contributed by atoms with van der Waals surface area (Å²) in [5.41, 5.74) is 4.72. The van der Waals surface area contributed by atoms with E-state index in [0.717, 1.165) is 30.4 Å². The van der Waals surface area contributed by atoms with E-state index < -0.39 is 0 Å². The van der Waals surface area contributed by atoms with Crippen LogP contribution in [0.1, 0.15) is 28.5 Å². The molecule has 3 N–H and O–H groups in total. The van der Waals surface area contributed by atoms with Gasteiger partial charge in [0.05, 0.1) is 12.2 Å². The van der Waals surface area contributed by atoms with Crippen LogP contribution in [0.3, 0.4) is 0 Å². The molecule has 0 radical (unpaired) electrons. The third-order valence-corrected chi connectivity index (χ3v) is 4.40. The molecule has 0 spiro atoms. The van der Waals surface area contributed by atoms with E-state index in [-0.39, 0.29) is 24.0 Å². The van der Waals surface area contributed by atoms with Gasteiger partial charge in [0.25, 0.3) is 0 Å². The second-order valence-corrected chi connectivity index (χ2v) is 6.16. The summed E-state index contributed by atoms with van der Waals surface area (Å²) in [4.78, 5) is 12.0. The Bertz CT molecular complexity index is 877. The van der Waals surface area contributed by atoms with Gasteiger partial charge in [0.2, 0.25) is 5.89 Å². The van der Waals surface area contributed by atoms with Gasteiger partial charge < -0.3 is 20.0 Å². The van der Waals surface area contributed by atoms with E-state index in [2.05, 4.69) is 56.9 Å². The number of hydrogen-bond donors (Lipinski definition) is 3. The van der Waals surface area contributed by atoms with E-state index >= 15 is 0 Å². The van der Waals surface area contributed by atoms with Gasteiger partial charge >= 0.3 is 0 Å². The molecule has 0 saturated carbocycles. The fourth-order valence-electron chi connectivity index (χ4n) is 2.88. The molecule has 1 aromatic carbocycles. The maximum absolute atomic E-state index is 5.57. The summed E-state index contributed by atoms with van der Waals surface area (Å²) in [6.07, 6.45) is 3.01. The first kappa shape index (κ1) is 20.3. The van der Waals surface area contributed by atoms with Crippen molar-refractivity contribution >= 4 is 40.8 Å². The minimum absolute atomic E-state index is 0. The van der Waals surface area contributed by atoms with Crippen LogP contribution >= 0.6 is 24.0 Å². The molecule has 2 heterocycles. The lowest BCUT2D eigenvalue weighted by Crippen LogP contribution is -2.37. The lowest BCUT2D eigenvalue weighted by Gasteiger charge is -2.10. The van der Waals surface area contributed by atoms with Crippen molar-refractivity contribution in [2.24, 2.45) is 4.99 Å². The lowest BCUT2D eigenvalue weighted by molar-refractivity contribution is 0.464. The van der Waals surface area contributed by atoms with Gasteiger partial charge in [-0.25, -0.2) is 4.98 Å². The molecule has 0 aliphatic carbocycles. The smallest absolute Gasteiger partial charge is 0.214 e. The van der Waals surface area contributed by atoms with Gasteiger partial charge in [-0.15, -0.1) is 24.0 Å². The Morgan fingerprint density at radius 3 is 2.73 bits per heavy atom. The SMILES string of the molecule is CN=C(NCCc1c[nH]c2c(C)cccc12)NCc1nc(C)c(C)o1.I. The molecular formula is C19H26IN5O. The van der Waals surface area contributed by atoms with Crippen molar-refractivity contribution in [1.29, 1.82) is 0 Å². The molecule has 0 atom stereocenters. The van der Waals surface area contributed by atoms with E-state index in [4.69, 9.17) is 4.42 Å². The standard InChI is InChI=1S/C19H25N5O.HI/c1-12-6-5-7-16-15(10-22-18(12)16)8-9-21-19(20-4)23-11-17-24-13(2)14(3)25-17;/h5-7,10,22H,8-9,11H2,1-4H3,(H2,20,21,23);1H. The fourth-order valence-corrected chi connectivity index (χ4v) is 2.88. The highest BCUT2D eigenvalue weighted by atomic mass is 127. The third kappa shape index (κ3) is 4.57. The van der Waals surface area contributed by atoms with Crippen LogP contribution in [0.4, 0.5) is 0 Å². The molecule has 6 nitrogen and oxygen atoms in total. The first-order chi connectivity index (χ1) is 12.1. The van der Waals surface area contributed by atoms with E-state index in [1.807, 2.05) is 13.8 Å². The summed E-state index contributed by atoms with van der Waals surface area (Å²) < 4.78 is 5.57. The third-order valence-electron chi connectivity index (χ3n) is 4.40. The van der Waals surface area contributed by atoms with Crippen LogP contribution in [0.5, 0.6) is 0 Å². The number of fused-ring (bicyclic) bond motifs is 1. The number of aromatic amines is 1. The second kappa shape index (κ2) is 9.07. The van der Waals surface area contributed by atoms with Crippen LogP contribution in [0.2, 0.25) is 0 Å². The summed E-state index contributed by atoms with van der Waals surface area (Å²) >= 11 is 0. The topological polar surface area (TPSA) is 78.2 Å². The predicted octanol–water partition coefficient (Wildman–Crippen LogP) is 3.61. The number of aromatic nitrogens is 2. The summed E-state index contributed by atoms with van der Waals surface area (Å²) in [7, 11) is 1.76. The van der Waals surface area contributed by atoms with Crippen molar-refractivity contribution in [1.82, 2.24) is 20.6 Å². The van der Waals surface area contributed by atoms with Crippen LogP contribution in [0, 0.1) is 20.8 Å². The fraction of sp³-hybridized carbons (Fsp3) is 0.368. The molecule has 3 aromatic rings. The Hall–Kier alpha value is -2.03. The molecule has 0 fully saturated rings. The number of guanidine groups is 1. The lowest BCUT2D eigenvalue weighted by atomic mass is 10.1. The van der Waals surface area contributed by atoms with E-state index in [0.29, 0.717) is 12.4 Å². The normalized spacial score (nSPS) is 11.5. The number of halogens is 1. The average Bonchev–Trinajstić information content (AvgIpc) is 3.15. The zero-order valence-corrected chi connectivity index (χ0v) is 18.0. The molecule has 2 aromatic heterocycles. The second-order valence-electron chi connectivity index (χ2n) is 6.16. The number of benzene rings is 1. The quantitative estimate of drug-likeness (QED) is 0.305. The highest BCUT2D eigenvalue weighted by Crippen LogP contribution is 2.21. The zero-order chi connectivity index (χ0) is 17.8. The maximum atomic E-state index is 5.57. The van der Waals surface area contributed by atoms with Crippen molar-refractivity contribution < 1.29 is 4.42 Å². The van der Waals surface area contributed by atoms with Crippen molar-refractivity contribution in [3.8, 4) is 0 Å². The van der Waals surface area contributed by atoms with Gasteiger partial charge in [0.1, 0.15) is 5.76 Å². The first-order valence-electron chi connectivity index (χ1n) is 8.51. The number of aryl methyl sites for hydroxylation is 3. The number of H-pyrrole nitrogens is 1. The number of para-hydroxylation sites is 1. The molecule has 3 rings (SSSR count). The van der Waals surface area contributed by atoms with Crippen LogP contribution in [0.25, 0.3) is 10.9 Å². The van der Waals surface area contributed by atoms with Gasteiger partial charge in [-0.1, -0.05) is 18.2 Å². The molecular weight excluding hydrogens is 441 g/mol. The molecule has 140 valence electrons. The number of rotatable bonds is 5. The Balaban J connectivity index is 0.00000243. The summed E-state index contributed by atoms with van der Waals surface area (Å²) in [5.74, 6) is 2.27. The van der Waals surface area contributed by atoms with E-state index in [1.165, 1.54) is 22.0 Å². The largest absolute Gasteiger partial charge is 0.444 e. The molecule has 0 aliphatic rings. The number of oxazole rings is 1. The summed E-state index contributed by atoms with van der Waals surface area (Å²) in [5, 5.41) is 7.85. The van der Waals surface area contributed by atoms with Gasteiger partial charge in [0.15, 0.2) is 5.96 Å². The number of nitrogens with one attached hydrogen (secondary N) is 3. The minimum atomic E-state index is 0. The van der Waals surface area contributed by atoms with Gasteiger partial charge in [0, 0.05) is 30.7 Å². The molecule has 0 bridgehead atoms. The average molecular weight is 467 g/mol. The van der Waals surface area contributed by atoms with Crippen molar-refractivity contribution in [3.05, 3.63) is 52.9 Å². The van der Waals surface area contributed by atoms with Crippen LogP contribution in [0.15, 0.2) is 33.8 Å². The van der Waals surface area contributed by atoms with Crippen LogP contribution < -0.4 is 10.6 Å². The van der Waals surface area contributed by atoms with Gasteiger partial charge in [-0.05, 0) is 38.3 Å². The first-order valence-corrected chi connectivity index (χ1v) is 8.51. The van der Waals surface area contributed by atoms with Crippen molar-refractivity contribution in [2.75, 3.05) is 13.6 Å². The monoisotopic (exact) mass is 467 g/mol. The van der Waals surface area contributed by atoms with E-state index in [9.17, 15) is 0 Å². The highest BCUT2D eigenvalue weighted by molar-refractivity contribution is 14.0. The Morgan fingerprint density at radius 1 is 1.23 bits per heavy atom. The highest BCUT2D eigenvalue weighted by Gasteiger charge is 2.08. The number of hydrogen-bond acceptors (Lipinski definition) is 3. The Labute approximate surface area is 170 Å². The molecule has 0 amide bonds. The maximum Gasteiger partial charge on any atom is 0.214 e. The Kier molecular flexibility index (Phi) is 7.07. The zero-order valence-electron chi connectivity index (χ0n) is 15.6. The Morgan fingerprint density at radius 2 is 2.04 bits per heavy atom. The molecule has 0 saturated heterocycles. The van der Waals surface area contributed by atoms with Crippen molar-refractivity contribution in [3.63, 3.8) is 0 Å². The number of aliphatic imine (C=N–C) groups is 1.